The Morgan fingerprint density at radius 3 is 2.10 bits per heavy atom. The van der Waals surface area contributed by atoms with Gasteiger partial charge in [0.1, 0.15) is 11.6 Å². The maximum atomic E-state index is 13.2. The quantitative estimate of drug-likeness (QED) is 0.170. The maximum Gasteiger partial charge on any atom is 0.266 e. The minimum atomic E-state index is -0.517. The van der Waals surface area contributed by atoms with Crippen LogP contribution in [0.15, 0.2) is 115 Å². The molecule has 0 saturated carbocycles. The number of benzene rings is 4. The van der Waals surface area contributed by atoms with Crippen LogP contribution in [0.4, 0.5) is 5.69 Å². The van der Waals surface area contributed by atoms with Crippen LogP contribution in [0, 0.1) is 18.3 Å². The molecule has 1 heterocycles. The van der Waals surface area contributed by atoms with Gasteiger partial charge in [-0.1, -0.05) is 89.9 Å². The molecule has 0 aliphatic carbocycles. The van der Waals surface area contributed by atoms with E-state index in [1.807, 2.05) is 104 Å². The summed E-state index contributed by atoms with van der Waals surface area (Å²) in [6.07, 6.45) is 1.63. The molecule has 1 aromatic heterocycles. The van der Waals surface area contributed by atoms with Crippen LogP contribution in [0.2, 0.25) is 10.0 Å². The van der Waals surface area contributed by atoms with Crippen LogP contribution in [-0.4, -0.2) is 10.5 Å². The van der Waals surface area contributed by atoms with Crippen molar-refractivity contribution in [3.8, 4) is 34.3 Å². The van der Waals surface area contributed by atoms with Crippen molar-refractivity contribution >= 4 is 40.9 Å². The number of halogens is 2. The maximum absolute atomic E-state index is 13.2. The molecule has 0 aliphatic rings. The van der Waals surface area contributed by atoms with Gasteiger partial charge in [0.15, 0.2) is 0 Å². The molecule has 0 atom stereocenters. The predicted molar refractivity (Wildman–Crippen MR) is 160 cm³/mol. The van der Waals surface area contributed by atoms with E-state index in [-0.39, 0.29) is 5.57 Å². The average Bonchev–Trinajstić information content (AvgIpc) is 3.34. The molecule has 0 bridgehead atoms. The van der Waals surface area contributed by atoms with Gasteiger partial charge in [-0.25, -0.2) is 0 Å². The summed E-state index contributed by atoms with van der Waals surface area (Å²) in [4.78, 5) is 13.2. The summed E-state index contributed by atoms with van der Waals surface area (Å²) in [5.74, 6) is -0.517. The number of nitrogens with one attached hydrogen (secondary N) is 1. The number of hydrogen-bond donors (Lipinski definition) is 1. The van der Waals surface area contributed by atoms with Crippen molar-refractivity contribution in [1.29, 1.82) is 5.26 Å². The van der Waals surface area contributed by atoms with Crippen LogP contribution in [0.25, 0.3) is 34.3 Å². The van der Waals surface area contributed by atoms with Gasteiger partial charge in [-0.2, -0.15) is 5.26 Å². The van der Waals surface area contributed by atoms with Gasteiger partial charge in [0.25, 0.3) is 5.91 Å². The molecule has 0 spiro atoms. The highest BCUT2D eigenvalue weighted by atomic mass is 35.5. The highest BCUT2D eigenvalue weighted by molar-refractivity contribution is 6.31. The van der Waals surface area contributed by atoms with Gasteiger partial charge in [-0.3, -0.25) is 4.79 Å². The second kappa shape index (κ2) is 11.4. The molecule has 0 radical (unpaired) electrons. The summed E-state index contributed by atoms with van der Waals surface area (Å²) in [7, 11) is 0. The number of hydrogen-bond acceptors (Lipinski definition) is 2. The van der Waals surface area contributed by atoms with E-state index >= 15 is 0 Å². The first-order chi connectivity index (χ1) is 18.9. The van der Waals surface area contributed by atoms with Crippen molar-refractivity contribution < 1.29 is 4.79 Å². The van der Waals surface area contributed by atoms with Crippen molar-refractivity contribution in [2.24, 2.45) is 0 Å². The van der Waals surface area contributed by atoms with Crippen molar-refractivity contribution in [3.63, 3.8) is 0 Å². The van der Waals surface area contributed by atoms with E-state index in [2.05, 4.69) is 16.0 Å². The SMILES string of the molecule is Cc1ccc(NC(=O)/C(C#N)=C/c2cc(-c3ccccc3)n(-c3ccc(Cl)cc3)c2-c2ccccc2)cc1Cl. The topological polar surface area (TPSA) is 57.8 Å². The third-order valence-corrected chi connectivity index (χ3v) is 6.99. The molecule has 4 aromatic carbocycles. The van der Waals surface area contributed by atoms with Gasteiger partial charge < -0.3 is 9.88 Å². The largest absolute Gasteiger partial charge is 0.321 e. The second-order valence-electron chi connectivity index (χ2n) is 8.97. The molecule has 0 aliphatic heterocycles. The van der Waals surface area contributed by atoms with E-state index in [0.29, 0.717) is 15.7 Å². The number of nitriles is 1. The molecule has 0 saturated heterocycles. The Morgan fingerprint density at radius 2 is 1.49 bits per heavy atom. The lowest BCUT2D eigenvalue weighted by Crippen LogP contribution is -2.13. The van der Waals surface area contributed by atoms with E-state index in [1.165, 1.54) is 0 Å². The summed E-state index contributed by atoms with van der Waals surface area (Å²) < 4.78 is 2.12. The number of amides is 1. The first-order valence-electron chi connectivity index (χ1n) is 12.3. The van der Waals surface area contributed by atoms with Gasteiger partial charge in [0.05, 0.1) is 11.4 Å². The standard InChI is InChI=1S/C33H23Cl2N3O/c1-22-12-15-28(20-30(22)35)37-33(39)26(21-36)18-25-19-31(23-8-4-2-5-9-23)38(29-16-13-27(34)14-17-29)32(25)24-10-6-3-7-11-24/h2-20H,1H3,(H,37,39)/b26-18+. The fraction of sp³-hybridized carbons (Fsp3) is 0.0303. The molecule has 0 unspecified atom stereocenters. The summed E-state index contributed by atoms with van der Waals surface area (Å²) in [5, 5.41) is 14.0. The first-order valence-corrected chi connectivity index (χ1v) is 13.0. The monoisotopic (exact) mass is 547 g/mol. The van der Waals surface area contributed by atoms with Gasteiger partial charge in [-0.05, 0) is 72.2 Å². The van der Waals surface area contributed by atoms with Gasteiger partial charge >= 0.3 is 0 Å². The van der Waals surface area contributed by atoms with E-state index in [0.717, 1.165) is 39.3 Å². The van der Waals surface area contributed by atoms with E-state index in [4.69, 9.17) is 23.2 Å². The van der Waals surface area contributed by atoms with Crippen LogP contribution in [0.3, 0.4) is 0 Å². The highest BCUT2D eigenvalue weighted by Crippen LogP contribution is 2.37. The normalized spacial score (nSPS) is 11.2. The molecule has 5 aromatic rings. The molecule has 5 rings (SSSR count). The smallest absolute Gasteiger partial charge is 0.266 e. The Bertz CT molecular complexity index is 1720. The molecular weight excluding hydrogens is 525 g/mol. The van der Waals surface area contributed by atoms with Crippen LogP contribution in [-0.2, 0) is 4.79 Å². The molecule has 6 heteroatoms. The zero-order valence-corrected chi connectivity index (χ0v) is 22.5. The van der Waals surface area contributed by atoms with Gasteiger partial charge in [0, 0.05) is 27.0 Å². The van der Waals surface area contributed by atoms with E-state index < -0.39 is 5.91 Å². The number of carbonyl (C=O) groups is 1. The average molecular weight is 548 g/mol. The fourth-order valence-electron chi connectivity index (χ4n) is 4.38. The van der Waals surface area contributed by atoms with Crippen molar-refractivity contribution in [1.82, 2.24) is 4.57 Å². The molecule has 39 heavy (non-hydrogen) atoms. The molecule has 1 amide bonds. The summed E-state index contributed by atoms with van der Waals surface area (Å²) in [5.41, 5.74) is 6.68. The van der Waals surface area contributed by atoms with Crippen LogP contribution >= 0.6 is 23.2 Å². The number of aromatic nitrogens is 1. The molecule has 190 valence electrons. The first kappa shape index (κ1) is 26.1. The van der Waals surface area contributed by atoms with E-state index in [9.17, 15) is 10.1 Å². The number of rotatable bonds is 6. The Balaban J connectivity index is 1.70. The summed E-state index contributed by atoms with van der Waals surface area (Å²) >= 11 is 12.5. The van der Waals surface area contributed by atoms with Crippen LogP contribution in [0.5, 0.6) is 0 Å². The van der Waals surface area contributed by atoms with Crippen molar-refractivity contribution in [3.05, 3.63) is 136 Å². The Kier molecular flexibility index (Phi) is 7.65. The fourth-order valence-corrected chi connectivity index (χ4v) is 4.69. The lowest BCUT2D eigenvalue weighted by molar-refractivity contribution is -0.112. The lowest BCUT2D eigenvalue weighted by Gasteiger charge is -2.15. The van der Waals surface area contributed by atoms with Crippen molar-refractivity contribution in [2.75, 3.05) is 5.32 Å². The molecule has 0 fully saturated rings. The summed E-state index contributed by atoms with van der Waals surface area (Å²) in [6, 6.07) is 36.8. The second-order valence-corrected chi connectivity index (χ2v) is 9.81. The predicted octanol–water partition coefficient (Wildman–Crippen LogP) is 8.97. The number of carbonyl (C=O) groups excluding carboxylic acids is 1. The Hall–Kier alpha value is -4.56. The van der Waals surface area contributed by atoms with Crippen LogP contribution in [0.1, 0.15) is 11.1 Å². The zero-order chi connectivity index (χ0) is 27.4. The number of aryl methyl sites for hydroxylation is 1. The Labute approximate surface area is 237 Å². The number of anilines is 1. The van der Waals surface area contributed by atoms with Crippen LogP contribution < -0.4 is 5.32 Å². The highest BCUT2D eigenvalue weighted by Gasteiger charge is 2.20. The molecule has 1 N–H and O–H groups in total. The molecule has 4 nitrogen and oxygen atoms in total. The van der Waals surface area contributed by atoms with Crippen molar-refractivity contribution in [2.45, 2.75) is 6.92 Å². The van der Waals surface area contributed by atoms with Gasteiger partial charge in [-0.15, -0.1) is 0 Å². The zero-order valence-electron chi connectivity index (χ0n) is 21.0. The Morgan fingerprint density at radius 1 is 0.846 bits per heavy atom. The number of nitrogens with zero attached hydrogens (tertiary/aromatic N) is 2. The third kappa shape index (κ3) is 5.66. The van der Waals surface area contributed by atoms with Gasteiger partial charge in [0.2, 0.25) is 0 Å². The summed E-state index contributed by atoms with van der Waals surface area (Å²) in [6.45, 7) is 1.88. The van der Waals surface area contributed by atoms with E-state index in [1.54, 1.807) is 18.2 Å². The molecular formula is C33H23Cl2N3O. The third-order valence-electron chi connectivity index (χ3n) is 6.33. The minimum absolute atomic E-state index is 0.0308. The lowest BCUT2D eigenvalue weighted by atomic mass is 10.0. The minimum Gasteiger partial charge on any atom is -0.321 e.